The summed E-state index contributed by atoms with van der Waals surface area (Å²) in [5.41, 5.74) is -1.24. The fourth-order valence-electron chi connectivity index (χ4n) is 4.48. The van der Waals surface area contributed by atoms with Crippen molar-refractivity contribution in [2.24, 2.45) is 0 Å². The molecular formula is C25H25FN4O5. The second-order valence-electron chi connectivity index (χ2n) is 8.51. The molecule has 2 heterocycles. The monoisotopic (exact) mass is 480 g/mol. The normalized spacial score (nSPS) is 17.7. The van der Waals surface area contributed by atoms with Crippen molar-refractivity contribution in [1.29, 1.82) is 0 Å². The number of carbonyl (C=O) groups excluding carboxylic acids is 1. The first kappa shape index (κ1) is 23.9. The molecule has 0 aliphatic carbocycles. The number of piperidine rings is 1. The Hall–Kier alpha value is -4.21. The molecule has 0 bridgehead atoms. The van der Waals surface area contributed by atoms with Crippen LogP contribution in [0, 0.1) is 5.82 Å². The molecule has 9 nitrogen and oxygen atoms in total. The second kappa shape index (κ2) is 9.96. The van der Waals surface area contributed by atoms with Gasteiger partial charge in [-0.05, 0) is 42.5 Å². The molecule has 1 aliphatic heterocycles. The molecule has 0 saturated carbocycles. The Morgan fingerprint density at radius 1 is 1.09 bits per heavy atom. The van der Waals surface area contributed by atoms with E-state index in [1.807, 2.05) is 30.3 Å². The number of carboxylic acid groups (broad SMARTS) is 1. The summed E-state index contributed by atoms with van der Waals surface area (Å²) in [6, 6.07) is 14.7. The number of benzene rings is 2. The molecule has 0 radical (unpaired) electrons. The third-order valence-electron chi connectivity index (χ3n) is 6.23. The third kappa shape index (κ3) is 5.01. The maximum atomic E-state index is 13.1. The van der Waals surface area contributed by atoms with Crippen molar-refractivity contribution in [3.63, 3.8) is 0 Å². The Morgan fingerprint density at radius 2 is 1.80 bits per heavy atom. The van der Waals surface area contributed by atoms with Crippen molar-refractivity contribution in [3.8, 4) is 5.75 Å². The van der Waals surface area contributed by atoms with E-state index in [0.29, 0.717) is 24.8 Å². The van der Waals surface area contributed by atoms with Crippen LogP contribution in [0.2, 0.25) is 0 Å². The van der Waals surface area contributed by atoms with E-state index in [0.717, 1.165) is 5.56 Å². The third-order valence-corrected chi connectivity index (χ3v) is 6.23. The van der Waals surface area contributed by atoms with Crippen LogP contribution in [0.15, 0.2) is 59.4 Å². The van der Waals surface area contributed by atoms with Crippen molar-refractivity contribution in [2.45, 2.75) is 37.8 Å². The molecule has 1 saturated heterocycles. The summed E-state index contributed by atoms with van der Waals surface area (Å²) in [5.74, 6) is -2.10. The first-order valence-corrected chi connectivity index (χ1v) is 11.2. The molecular weight excluding hydrogens is 455 g/mol. The Kier molecular flexibility index (Phi) is 6.81. The summed E-state index contributed by atoms with van der Waals surface area (Å²) in [4.78, 5) is 45.9. The second-order valence-corrected chi connectivity index (χ2v) is 8.51. The highest BCUT2D eigenvalue weighted by atomic mass is 19.1. The summed E-state index contributed by atoms with van der Waals surface area (Å²) in [5, 5.41) is 22.9. The van der Waals surface area contributed by atoms with E-state index in [2.05, 4.69) is 15.3 Å². The lowest BCUT2D eigenvalue weighted by atomic mass is 9.80. The topological polar surface area (TPSA) is 136 Å². The van der Waals surface area contributed by atoms with Gasteiger partial charge in [-0.3, -0.25) is 14.5 Å². The lowest BCUT2D eigenvalue weighted by Gasteiger charge is -2.45. The van der Waals surface area contributed by atoms with Crippen LogP contribution in [0.4, 0.5) is 9.18 Å². The molecule has 3 aromatic rings. The number of aromatic nitrogens is 2. The van der Waals surface area contributed by atoms with E-state index < -0.39 is 40.4 Å². The minimum atomic E-state index is -1.23. The number of aromatic hydroxyl groups is 1. The van der Waals surface area contributed by atoms with Gasteiger partial charge in [0.1, 0.15) is 17.2 Å². The van der Waals surface area contributed by atoms with Crippen LogP contribution in [0.3, 0.4) is 0 Å². The molecule has 35 heavy (non-hydrogen) atoms. The highest BCUT2D eigenvalue weighted by Crippen LogP contribution is 2.39. The number of amides is 2. The van der Waals surface area contributed by atoms with E-state index in [9.17, 15) is 29.0 Å². The van der Waals surface area contributed by atoms with Crippen LogP contribution in [0.25, 0.3) is 0 Å². The molecule has 1 atom stereocenters. The highest BCUT2D eigenvalue weighted by molar-refractivity contribution is 5.94. The van der Waals surface area contributed by atoms with Gasteiger partial charge in [-0.25, -0.2) is 14.2 Å². The van der Waals surface area contributed by atoms with Crippen LogP contribution in [0.1, 0.15) is 46.7 Å². The zero-order chi connectivity index (χ0) is 25.0. The zero-order valence-corrected chi connectivity index (χ0v) is 18.8. The molecule has 0 spiro atoms. The minimum absolute atomic E-state index is 0.00168. The number of halogens is 1. The summed E-state index contributed by atoms with van der Waals surface area (Å²) in [6.07, 6.45) is 0.769. The Morgan fingerprint density at radius 3 is 2.49 bits per heavy atom. The lowest BCUT2D eigenvalue weighted by molar-refractivity contribution is 0.0383. The number of H-pyrrole nitrogens is 1. The smallest absolute Gasteiger partial charge is 0.408 e. The summed E-state index contributed by atoms with van der Waals surface area (Å²) < 4.78 is 13.1. The number of nitrogens with zero attached hydrogens (tertiary/aromatic N) is 2. The fourth-order valence-corrected chi connectivity index (χ4v) is 4.48. The minimum Gasteiger partial charge on any atom is -0.501 e. The van der Waals surface area contributed by atoms with Gasteiger partial charge < -0.3 is 20.5 Å². The number of aromatic amines is 1. The number of likely N-dealkylation sites (tertiary alicyclic amines) is 1. The van der Waals surface area contributed by atoms with Gasteiger partial charge in [0.2, 0.25) is 5.75 Å². The van der Waals surface area contributed by atoms with Crippen LogP contribution in [-0.2, 0) is 18.5 Å². The Labute approximate surface area is 200 Å². The molecule has 1 unspecified atom stereocenters. The number of rotatable bonds is 6. The number of hydrogen-bond acceptors (Lipinski definition) is 5. The molecule has 4 N–H and O–H groups in total. The first-order chi connectivity index (χ1) is 16.8. The summed E-state index contributed by atoms with van der Waals surface area (Å²) in [6.45, 7) is 0.248. The predicted octanol–water partition coefficient (Wildman–Crippen LogP) is 3.15. The largest absolute Gasteiger partial charge is 0.501 e. The van der Waals surface area contributed by atoms with E-state index >= 15 is 0 Å². The van der Waals surface area contributed by atoms with Gasteiger partial charge in [0.05, 0.1) is 0 Å². The van der Waals surface area contributed by atoms with Crippen molar-refractivity contribution in [1.82, 2.24) is 20.2 Å². The van der Waals surface area contributed by atoms with Crippen molar-refractivity contribution in [3.05, 3.63) is 93.4 Å². The quantitative estimate of drug-likeness (QED) is 0.428. The number of nitrogens with one attached hydrogen (secondary N) is 2. The van der Waals surface area contributed by atoms with Gasteiger partial charge in [0, 0.05) is 19.5 Å². The van der Waals surface area contributed by atoms with Gasteiger partial charge in [-0.2, -0.15) is 0 Å². The van der Waals surface area contributed by atoms with Crippen LogP contribution >= 0.6 is 0 Å². The van der Waals surface area contributed by atoms with E-state index in [4.69, 9.17) is 0 Å². The molecule has 182 valence electrons. The number of hydrogen-bond donors (Lipinski definition) is 4. The van der Waals surface area contributed by atoms with Gasteiger partial charge in [0.25, 0.3) is 11.5 Å². The number of carbonyl (C=O) groups is 2. The molecule has 2 aromatic carbocycles. The average Bonchev–Trinajstić information content (AvgIpc) is 2.85. The Bertz CT molecular complexity index is 1280. The maximum Gasteiger partial charge on any atom is 0.408 e. The maximum absolute atomic E-state index is 13.1. The lowest BCUT2D eigenvalue weighted by Crippen LogP contribution is -2.54. The van der Waals surface area contributed by atoms with Gasteiger partial charge in [0.15, 0.2) is 5.69 Å². The highest BCUT2D eigenvalue weighted by Gasteiger charge is 2.46. The molecule has 10 heteroatoms. The molecule has 4 rings (SSSR count). The van der Waals surface area contributed by atoms with E-state index in [1.165, 1.54) is 29.2 Å². The van der Waals surface area contributed by atoms with Crippen molar-refractivity contribution in [2.75, 3.05) is 6.54 Å². The summed E-state index contributed by atoms with van der Waals surface area (Å²) >= 11 is 0. The fraction of sp³-hybridized carbons (Fsp3) is 0.280. The molecule has 1 aromatic heterocycles. The average molecular weight is 480 g/mol. The standard InChI is InChI=1S/C25H25FN4O5/c26-18-10-8-17(9-11-18)15-27-21(32)19-20(31)22(33)29-23(28-19)25(14-16-6-2-1-3-7-16)12-4-5-13-30(25)24(34)35/h1-3,6-11,31H,4-5,12-15H2,(H,27,32)(H,34,35)(H,28,29,33). The summed E-state index contributed by atoms with van der Waals surface area (Å²) in [7, 11) is 0. The molecule has 2 amide bonds. The van der Waals surface area contributed by atoms with Gasteiger partial charge in [-0.15, -0.1) is 0 Å². The van der Waals surface area contributed by atoms with Gasteiger partial charge in [-0.1, -0.05) is 42.5 Å². The SMILES string of the molecule is O=C(NCc1ccc(F)cc1)c1nc(C2(Cc3ccccc3)CCCCN2C(=O)O)[nH]c(=O)c1O. The van der Waals surface area contributed by atoms with Crippen molar-refractivity contribution >= 4 is 12.0 Å². The van der Waals surface area contributed by atoms with E-state index in [1.54, 1.807) is 0 Å². The molecule has 1 aliphatic rings. The van der Waals surface area contributed by atoms with Crippen molar-refractivity contribution < 1.29 is 24.2 Å². The first-order valence-electron chi connectivity index (χ1n) is 11.2. The van der Waals surface area contributed by atoms with Crippen LogP contribution in [-0.4, -0.2) is 43.6 Å². The Balaban J connectivity index is 1.73. The van der Waals surface area contributed by atoms with Crippen LogP contribution in [0.5, 0.6) is 5.75 Å². The zero-order valence-electron chi connectivity index (χ0n) is 18.8. The molecule has 1 fully saturated rings. The van der Waals surface area contributed by atoms with Crippen LogP contribution < -0.4 is 10.9 Å². The van der Waals surface area contributed by atoms with E-state index in [-0.39, 0.29) is 25.3 Å². The predicted molar refractivity (Wildman–Crippen MR) is 124 cm³/mol. The van der Waals surface area contributed by atoms with Gasteiger partial charge >= 0.3 is 6.09 Å².